The normalized spacial score (nSPS) is 14.1. The molecule has 2 heteroatoms. The van der Waals surface area contributed by atoms with Crippen molar-refractivity contribution in [1.82, 2.24) is 0 Å². The predicted molar refractivity (Wildman–Crippen MR) is 156 cm³/mol. The summed E-state index contributed by atoms with van der Waals surface area (Å²) in [5.41, 5.74) is 4.32. The van der Waals surface area contributed by atoms with E-state index >= 15 is 0 Å². The van der Waals surface area contributed by atoms with Gasteiger partial charge in [0.15, 0.2) is 0 Å². The average molecular weight is 489 g/mol. The van der Waals surface area contributed by atoms with Crippen molar-refractivity contribution in [3.8, 4) is 11.5 Å². The van der Waals surface area contributed by atoms with Gasteiger partial charge in [-0.25, -0.2) is 0 Å². The Labute approximate surface area is 220 Å². The van der Waals surface area contributed by atoms with Crippen molar-refractivity contribution in [2.75, 3.05) is 0 Å². The molecule has 1 aliphatic rings. The number of hydrogen-bond acceptors (Lipinski definition) is 2. The molecule has 0 aliphatic heterocycles. The van der Waals surface area contributed by atoms with E-state index < -0.39 is 5.41 Å². The molecule has 0 radical (unpaired) electrons. The van der Waals surface area contributed by atoms with Gasteiger partial charge >= 0.3 is 0 Å². The first-order valence-corrected chi connectivity index (χ1v) is 13.0. The predicted octanol–water partition coefficient (Wildman–Crippen LogP) is 8.60. The summed E-state index contributed by atoms with van der Waals surface area (Å²) in [6.07, 6.45) is 0.768. The molecule has 0 fully saturated rings. The first-order valence-electron chi connectivity index (χ1n) is 13.0. The topological polar surface area (TPSA) is 40.5 Å². The zero-order chi connectivity index (χ0) is 25.4. The van der Waals surface area contributed by atoms with E-state index in [1.54, 1.807) is 12.1 Å². The van der Waals surface area contributed by atoms with E-state index in [2.05, 4.69) is 84.9 Å². The van der Waals surface area contributed by atoms with Crippen molar-refractivity contribution in [1.29, 1.82) is 0 Å². The molecule has 2 nitrogen and oxygen atoms in total. The summed E-state index contributed by atoms with van der Waals surface area (Å²) in [5, 5.41) is 30.5. The number of phenols is 2. The van der Waals surface area contributed by atoms with Crippen molar-refractivity contribution >= 4 is 43.1 Å². The van der Waals surface area contributed by atoms with Gasteiger partial charge in [0.25, 0.3) is 0 Å². The molecular formula is C36H24O2. The van der Waals surface area contributed by atoms with Crippen LogP contribution in [0.3, 0.4) is 0 Å². The van der Waals surface area contributed by atoms with Gasteiger partial charge < -0.3 is 10.2 Å². The lowest BCUT2D eigenvalue weighted by Crippen LogP contribution is -2.35. The smallest absolute Gasteiger partial charge is 0.123 e. The summed E-state index contributed by atoms with van der Waals surface area (Å²) in [7, 11) is 0. The van der Waals surface area contributed by atoms with Crippen LogP contribution in [0.4, 0.5) is 0 Å². The van der Waals surface area contributed by atoms with Crippen LogP contribution >= 0.6 is 0 Å². The van der Waals surface area contributed by atoms with Crippen molar-refractivity contribution < 1.29 is 10.2 Å². The quantitative estimate of drug-likeness (QED) is 0.239. The van der Waals surface area contributed by atoms with E-state index in [9.17, 15) is 10.2 Å². The molecule has 0 atom stereocenters. The summed E-state index contributed by atoms with van der Waals surface area (Å²) < 4.78 is 0. The number of rotatable bonds is 2. The van der Waals surface area contributed by atoms with Gasteiger partial charge in [-0.15, -0.1) is 0 Å². The molecule has 2 N–H and O–H groups in total. The number of aromatic hydroxyl groups is 2. The molecular weight excluding hydrogens is 464 g/mol. The number of phenolic OH excluding ortho intramolecular Hbond substituents is 2. The Morgan fingerprint density at radius 2 is 0.895 bits per heavy atom. The van der Waals surface area contributed by atoms with Crippen LogP contribution in [-0.2, 0) is 11.8 Å². The Kier molecular flexibility index (Phi) is 4.25. The molecule has 38 heavy (non-hydrogen) atoms. The lowest BCUT2D eigenvalue weighted by atomic mass is 9.60. The minimum atomic E-state index is -0.553. The minimum absolute atomic E-state index is 0.284. The second-order valence-corrected chi connectivity index (χ2v) is 10.4. The second-order valence-electron chi connectivity index (χ2n) is 10.4. The summed E-state index contributed by atoms with van der Waals surface area (Å²) in [4.78, 5) is 0. The summed E-state index contributed by atoms with van der Waals surface area (Å²) in [6.45, 7) is 0. The average Bonchev–Trinajstić information content (AvgIpc) is 2.96. The van der Waals surface area contributed by atoms with Crippen molar-refractivity contribution in [2.45, 2.75) is 11.8 Å². The fourth-order valence-corrected chi connectivity index (χ4v) is 7.07. The van der Waals surface area contributed by atoms with Crippen molar-refractivity contribution in [2.24, 2.45) is 0 Å². The Morgan fingerprint density at radius 3 is 1.53 bits per heavy atom. The van der Waals surface area contributed by atoms with Crippen LogP contribution in [0.25, 0.3) is 43.1 Å². The van der Waals surface area contributed by atoms with Gasteiger partial charge in [0.1, 0.15) is 11.5 Å². The van der Waals surface area contributed by atoms with Crippen LogP contribution in [0.2, 0.25) is 0 Å². The van der Waals surface area contributed by atoms with Crippen LogP contribution < -0.4 is 0 Å². The summed E-state index contributed by atoms with van der Waals surface area (Å²) in [5.74, 6) is 0.568. The lowest BCUT2D eigenvalue weighted by Gasteiger charge is -2.41. The largest absolute Gasteiger partial charge is 0.507 e. The Balaban J connectivity index is 1.64. The molecule has 0 aromatic heterocycles. The van der Waals surface area contributed by atoms with E-state index in [1.807, 2.05) is 24.3 Å². The highest BCUT2D eigenvalue weighted by Gasteiger charge is 2.43. The number of fused-ring (bicyclic) bond motifs is 2. The first kappa shape index (κ1) is 21.3. The maximum Gasteiger partial charge on any atom is 0.123 e. The molecule has 1 aliphatic carbocycles. The molecule has 0 saturated carbocycles. The summed E-state index contributed by atoms with van der Waals surface area (Å²) in [6, 6.07) is 41.9. The molecule has 0 spiro atoms. The van der Waals surface area contributed by atoms with Crippen LogP contribution in [0.1, 0.15) is 22.3 Å². The SMILES string of the molecule is Oc1cccc2c(C3(c4cccc5c(O)cccc45)Cc4cccc5ccc6cccc3c6c45)cccc12. The molecule has 7 aromatic rings. The number of hydrogen-bond donors (Lipinski definition) is 2. The molecule has 0 unspecified atom stereocenters. The van der Waals surface area contributed by atoms with Crippen LogP contribution in [0.5, 0.6) is 11.5 Å². The molecule has 0 bridgehead atoms. The van der Waals surface area contributed by atoms with Gasteiger partial charge in [-0.2, -0.15) is 0 Å². The zero-order valence-corrected chi connectivity index (χ0v) is 20.6. The van der Waals surface area contributed by atoms with E-state index in [0.717, 1.165) is 39.1 Å². The fraction of sp³-hybridized carbons (Fsp3) is 0.0556. The fourth-order valence-electron chi connectivity index (χ4n) is 7.07. The second kappa shape index (κ2) is 7.60. The highest BCUT2D eigenvalue weighted by molar-refractivity contribution is 6.13. The van der Waals surface area contributed by atoms with Gasteiger partial charge in [0, 0.05) is 10.8 Å². The lowest BCUT2D eigenvalue weighted by molar-refractivity contribution is 0.481. The standard InChI is InChI=1S/C36H24O2/c37-32-17-5-10-25-27(32)12-3-14-29(25)36(30-15-4-13-28-26(30)11-6-18-33(28)38)21-24-9-1-7-22-19-20-23-8-2-16-31(36)35(23)34(22)24/h1-20,37-38H,21H2. The van der Waals surface area contributed by atoms with Crippen LogP contribution in [0.15, 0.2) is 121 Å². The van der Waals surface area contributed by atoms with E-state index in [1.165, 1.54) is 32.7 Å². The van der Waals surface area contributed by atoms with Gasteiger partial charge in [0.2, 0.25) is 0 Å². The monoisotopic (exact) mass is 488 g/mol. The highest BCUT2D eigenvalue weighted by atomic mass is 16.3. The Bertz CT molecular complexity index is 2000. The third-order valence-corrected chi connectivity index (χ3v) is 8.61. The molecule has 180 valence electrons. The zero-order valence-electron chi connectivity index (χ0n) is 20.6. The van der Waals surface area contributed by atoms with E-state index in [0.29, 0.717) is 0 Å². The van der Waals surface area contributed by atoms with E-state index in [4.69, 9.17) is 0 Å². The Morgan fingerprint density at radius 1 is 0.421 bits per heavy atom. The van der Waals surface area contributed by atoms with Gasteiger partial charge in [-0.05, 0) is 73.1 Å². The van der Waals surface area contributed by atoms with E-state index in [-0.39, 0.29) is 11.5 Å². The maximum atomic E-state index is 10.9. The Hall–Kier alpha value is -4.82. The summed E-state index contributed by atoms with van der Waals surface area (Å²) >= 11 is 0. The molecule has 0 heterocycles. The highest BCUT2D eigenvalue weighted by Crippen LogP contribution is 2.54. The van der Waals surface area contributed by atoms with Gasteiger partial charge in [-0.3, -0.25) is 0 Å². The van der Waals surface area contributed by atoms with Gasteiger partial charge in [0.05, 0.1) is 5.41 Å². The van der Waals surface area contributed by atoms with Crippen molar-refractivity contribution in [3.05, 3.63) is 144 Å². The molecule has 8 rings (SSSR count). The first-order chi connectivity index (χ1) is 18.7. The minimum Gasteiger partial charge on any atom is -0.507 e. The van der Waals surface area contributed by atoms with Crippen LogP contribution in [-0.4, -0.2) is 10.2 Å². The number of benzene rings is 7. The maximum absolute atomic E-state index is 10.9. The van der Waals surface area contributed by atoms with Gasteiger partial charge in [-0.1, -0.05) is 109 Å². The van der Waals surface area contributed by atoms with Crippen LogP contribution in [0, 0.1) is 0 Å². The molecule has 7 aromatic carbocycles. The molecule has 0 saturated heterocycles. The molecule has 0 amide bonds. The van der Waals surface area contributed by atoms with Crippen molar-refractivity contribution in [3.63, 3.8) is 0 Å². The third-order valence-electron chi connectivity index (χ3n) is 8.61. The third kappa shape index (κ3) is 2.67.